The number of nitrogens with one attached hydrogen (secondary N) is 1. The zero-order valence-electron chi connectivity index (χ0n) is 13.3. The van der Waals surface area contributed by atoms with Gasteiger partial charge in [-0.05, 0) is 37.1 Å². The molecule has 0 bridgehead atoms. The predicted octanol–water partition coefficient (Wildman–Crippen LogP) is 4.23. The first kappa shape index (κ1) is 15.4. The highest BCUT2D eigenvalue weighted by molar-refractivity contribution is 6.30. The van der Waals surface area contributed by atoms with Gasteiger partial charge >= 0.3 is 0 Å². The summed E-state index contributed by atoms with van der Waals surface area (Å²) in [7, 11) is 0. The van der Waals surface area contributed by atoms with Gasteiger partial charge in [-0.2, -0.15) is 0 Å². The van der Waals surface area contributed by atoms with Crippen LogP contribution < -0.4 is 5.32 Å². The maximum absolute atomic E-state index is 12.9. The normalized spacial score (nSPS) is 22.5. The summed E-state index contributed by atoms with van der Waals surface area (Å²) >= 11 is 5.93. The van der Waals surface area contributed by atoms with Crippen LogP contribution in [0.25, 0.3) is 0 Å². The van der Waals surface area contributed by atoms with Crippen LogP contribution in [-0.2, 0) is 0 Å². The van der Waals surface area contributed by atoms with Crippen molar-refractivity contribution in [3.8, 4) is 0 Å². The summed E-state index contributed by atoms with van der Waals surface area (Å²) in [5.74, 6) is 0.867. The van der Waals surface area contributed by atoms with E-state index in [9.17, 15) is 4.79 Å². The first-order valence-electron chi connectivity index (χ1n) is 8.46. The summed E-state index contributed by atoms with van der Waals surface area (Å²) in [5, 5.41) is 4.17. The van der Waals surface area contributed by atoms with Crippen LogP contribution in [0.1, 0.15) is 47.2 Å². The van der Waals surface area contributed by atoms with Crippen molar-refractivity contribution in [3.05, 3.63) is 70.2 Å². The van der Waals surface area contributed by atoms with Crippen molar-refractivity contribution >= 4 is 23.2 Å². The van der Waals surface area contributed by atoms with Gasteiger partial charge in [-0.15, -0.1) is 0 Å². The predicted molar refractivity (Wildman–Crippen MR) is 97.0 cm³/mol. The number of aliphatic imine (C=N–C) groups is 1. The number of ketones is 1. The van der Waals surface area contributed by atoms with Gasteiger partial charge in [-0.1, -0.05) is 48.7 Å². The fourth-order valence-electron chi connectivity index (χ4n) is 3.60. The number of carbonyl (C=O) groups excluding carboxylic acids is 1. The third kappa shape index (κ3) is 2.84. The van der Waals surface area contributed by atoms with Gasteiger partial charge < -0.3 is 5.32 Å². The van der Waals surface area contributed by atoms with E-state index in [1.165, 1.54) is 12.8 Å². The Bertz CT molecular complexity index is 798. The molecule has 0 aromatic heterocycles. The van der Waals surface area contributed by atoms with Crippen LogP contribution in [-0.4, -0.2) is 23.7 Å². The SMILES string of the molecule is O=C(c1ccc(Cl)cc1)c1ccccc1C1=NC2CCCCC2N1. The fraction of sp³-hybridized carbons (Fsp3) is 0.300. The molecule has 1 aliphatic carbocycles. The van der Waals surface area contributed by atoms with Crippen LogP contribution in [0.5, 0.6) is 0 Å². The smallest absolute Gasteiger partial charge is 0.193 e. The molecule has 1 aliphatic heterocycles. The highest BCUT2D eigenvalue weighted by Gasteiger charge is 2.32. The minimum absolute atomic E-state index is 0.00152. The standard InChI is InChI=1S/C20H19ClN2O/c21-14-11-9-13(10-12-14)19(24)15-5-1-2-6-16(15)20-22-17-7-3-4-8-18(17)23-20/h1-2,5-6,9-12,17-18H,3-4,7-8H2,(H,22,23). The number of halogens is 1. The monoisotopic (exact) mass is 338 g/mol. The van der Waals surface area contributed by atoms with Gasteiger partial charge in [0.15, 0.2) is 5.78 Å². The number of carbonyl (C=O) groups is 1. The molecule has 2 unspecified atom stereocenters. The van der Waals surface area contributed by atoms with E-state index in [-0.39, 0.29) is 5.78 Å². The molecule has 2 aliphatic rings. The van der Waals surface area contributed by atoms with Crippen LogP contribution in [0.3, 0.4) is 0 Å². The summed E-state index contributed by atoms with van der Waals surface area (Å²) in [6.45, 7) is 0. The largest absolute Gasteiger partial charge is 0.365 e. The molecule has 0 radical (unpaired) electrons. The van der Waals surface area contributed by atoms with Crippen LogP contribution >= 0.6 is 11.6 Å². The first-order chi connectivity index (χ1) is 11.7. The molecule has 2 atom stereocenters. The van der Waals surface area contributed by atoms with E-state index in [4.69, 9.17) is 16.6 Å². The molecule has 1 N–H and O–H groups in total. The molecule has 2 aromatic carbocycles. The molecule has 122 valence electrons. The molecule has 1 heterocycles. The highest BCUT2D eigenvalue weighted by Crippen LogP contribution is 2.27. The number of nitrogens with zero attached hydrogens (tertiary/aromatic N) is 1. The molecule has 24 heavy (non-hydrogen) atoms. The average molecular weight is 339 g/mol. The first-order valence-corrected chi connectivity index (χ1v) is 8.84. The van der Waals surface area contributed by atoms with Crippen LogP contribution in [0.2, 0.25) is 5.02 Å². The zero-order valence-corrected chi connectivity index (χ0v) is 14.1. The molecule has 1 fully saturated rings. The van der Waals surface area contributed by atoms with Crippen LogP contribution in [0.4, 0.5) is 0 Å². The van der Waals surface area contributed by atoms with Crippen molar-refractivity contribution in [2.45, 2.75) is 37.8 Å². The van der Waals surface area contributed by atoms with Gasteiger partial charge in [0, 0.05) is 27.8 Å². The quantitative estimate of drug-likeness (QED) is 0.851. The lowest BCUT2D eigenvalue weighted by Crippen LogP contribution is -2.37. The van der Waals surface area contributed by atoms with Gasteiger partial charge in [0.25, 0.3) is 0 Å². The van der Waals surface area contributed by atoms with Gasteiger partial charge in [-0.3, -0.25) is 9.79 Å². The molecular formula is C20H19ClN2O. The number of rotatable bonds is 3. The second-order valence-corrected chi connectivity index (χ2v) is 6.90. The van der Waals surface area contributed by atoms with Crippen LogP contribution in [0, 0.1) is 0 Å². The Morgan fingerprint density at radius 3 is 2.58 bits per heavy atom. The van der Waals surface area contributed by atoms with E-state index in [0.29, 0.717) is 28.2 Å². The summed E-state index contributed by atoms with van der Waals surface area (Å²) in [5.41, 5.74) is 2.22. The van der Waals surface area contributed by atoms with Gasteiger partial charge in [0.1, 0.15) is 5.84 Å². The Morgan fingerprint density at radius 2 is 1.79 bits per heavy atom. The minimum Gasteiger partial charge on any atom is -0.365 e. The molecule has 0 amide bonds. The topological polar surface area (TPSA) is 41.5 Å². The van der Waals surface area contributed by atoms with Crippen molar-refractivity contribution in [1.29, 1.82) is 0 Å². The van der Waals surface area contributed by atoms with Crippen molar-refractivity contribution in [3.63, 3.8) is 0 Å². The second-order valence-electron chi connectivity index (χ2n) is 6.46. The minimum atomic E-state index is 0.00152. The average Bonchev–Trinajstić information content (AvgIpc) is 3.06. The molecule has 2 aromatic rings. The number of benzene rings is 2. The zero-order chi connectivity index (χ0) is 16.5. The lowest BCUT2D eigenvalue weighted by molar-refractivity contribution is 0.103. The number of fused-ring (bicyclic) bond motifs is 1. The lowest BCUT2D eigenvalue weighted by atomic mass is 9.92. The summed E-state index contributed by atoms with van der Waals surface area (Å²) < 4.78 is 0. The molecule has 1 saturated carbocycles. The van der Waals surface area contributed by atoms with Gasteiger partial charge in [0.2, 0.25) is 0 Å². The van der Waals surface area contributed by atoms with Crippen LogP contribution in [0.15, 0.2) is 53.5 Å². The van der Waals surface area contributed by atoms with E-state index in [0.717, 1.165) is 24.2 Å². The van der Waals surface area contributed by atoms with E-state index in [2.05, 4.69) is 5.32 Å². The summed E-state index contributed by atoms with van der Waals surface area (Å²) in [4.78, 5) is 17.8. The maximum atomic E-state index is 12.9. The molecular weight excluding hydrogens is 320 g/mol. The fourth-order valence-corrected chi connectivity index (χ4v) is 3.73. The molecule has 0 saturated heterocycles. The van der Waals surface area contributed by atoms with E-state index in [1.807, 2.05) is 24.3 Å². The van der Waals surface area contributed by atoms with Gasteiger partial charge in [-0.25, -0.2) is 0 Å². The molecule has 4 rings (SSSR count). The van der Waals surface area contributed by atoms with Gasteiger partial charge in [0.05, 0.1) is 6.04 Å². The number of hydrogen-bond acceptors (Lipinski definition) is 3. The number of hydrogen-bond donors (Lipinski definition) is 1. The Hall–Kier alpha value is -2.13. The Kier molecular flexibility index (Phi) is 4.11. The van der Waals surface area contributed by atoms with E-state index >= 15 is 0 Å². The molecule has 0 spiro atoms. The van der Waals surface area contributed by atoms with Crippen molar-refractivity contribution < 1.29 is 4.79 Å². The molecule has 3 nitrogen and oxygen atoms in total. The van der Waals surface area contributed by atoms with E-state index in [1.54, 1.807) is 24.3 Å². The van der Waals surface area contributed by atoms with Crippen molar-refractivity contribution in [2.24, 2.45) is 4.99 Å². The molecule has 4 heteroatoms. The third-order valence-corrected chi connectivity index (χ3v) is 5.13. The second kappa shape index (κ2) is 6.40. The summed E-state index contributed by atoms with van der Waals surface area (Å²) in [6.07, 6.45) is 4.78. The van der Waals surface area contributed by atoms with E-state index < -0.39 is 0 Å². The Morgan fingerprint density at radius 1 is 1.04 bits per heavy atom. The number of amidine groups is 1. The Balaban J connectivity index is 1.68. The third-order valence-electron chi connectivity index (χ3n) is 4.88. The summed E-state index contributed by atoms with van der Waals surface area (Å²) in [6, 6.07) is 15.5. The van der Waals surface area contributed by atoms with Crippen molar-refractivity contribution in [2.75, 3.05) is 0 Å². The maximum Gasteiger partial charge on any atom is 0.193 e. The lowest BCUT2D eigenvalue weighted by Gasteiger charge is -2.23. The van der Waals surface area contributed by atoms with Crippen molar-refractivity contribution in [1.82, 2.24) is 5.32 Å². The highest BCUT2D eigenvalue weighted by atomic mass is 35.5. The Labute approximate surface area is 146 Å².